The number of nitrogens with one attached hydrogen (secondary N) is 1. The minimum atomic E-state index is -0.231. The van der Waals surface area contributed by atoms with Gasteiger partial charge in [-0.2, -0.15) is 0 Å². The van der Waals surface area contributed by atoms with Gasteiger partial charge in [-0.3, -0.25) is 4.79 Å². The monoisotopic (exact) mass is 458 g/mol. The van der Waals surface area contributed by atoms with Crippen LogP contribution in [-0.2, 0) is 15.6 Å². The van der Waals surface area contributed by atoms with Crippen LogP contribution in [0.1, 0.15) is 58.2 Å². The number of aromatic hydroxyl groups is 1. The van der Waals surface area contributed by atoms with Crippen molar-refractivity contribution >= 4 is 45.4 Å². The molecule has 0 aromatic heterocycles. The third-order valence-electron chi connectivity index (χ3n) is 5.69. The highest BCUT2D eigenvalue weighted by atomic mass is 32.2. The molecule has 0 unspecified atom stereocenters. The quantitative estimate of drug-likeness (QED) is 0.405. The first-order valence-electron chi connectivity index (χ1n) is 11.1. The van der Waals surface area contributed by atoms with Crippen LogP contribution >= 0.6 is 11.8 Å². The zero-order valence-electron chi connectivity index (χ0n) is 20.0. The average Bonchev–Trinajstić information content (AvgIpc) is 3.06. The predicted octanol–water partition coefficient (Wildman–Crippen LogP) is 7.03. The SMILES string of the molecule is CC(C)(C)c1cc(/C=C2\SC(=Nc3cccc4ccccc34)NC2=O)cc(C(C)(C)C)c1O. The molecule has 1 aliphatic rings. The van der Waals surface area contributed by atoms with Crippen LogP contribution < -0.4 is 5.32 Å². The topological polar surface area (TPSA) is 61.7 Å². The molecule has 1 aliphatic heterocycles. The molecule has 2 N–H and O–H groups in total. The van der Waals surface area contributed by atoms with Gasteiger partial charge in [0.15, 0.2) is 5.17 Å². The maximum Gasteiger partial charge on any atom is 0.264 e. The van der Waals surface area contributed by atoms with Gasteiger partial charge in [-0.25, -0.2) is 4.99 Å². The summed E-state index contributed by atoms with van der Waals surface area (Å²) in [7, 11) is 0. The highest BCUT2D eigenvalue weighted by Gasteiger charge is 2.28. The Hall–Kier alpha value is -3.05. The summed E-state index contributed by atoms with van der Waals surface area (Å²) in [5.41, 5.74) is 3.00. The van der Waals surface area contributed by atoms with Gasteiger partial charge in [0.1, 0.15) is 5.75 Å². The normalized spacial score (nSPS) is 17.2. The van der Waals surface area contributed by atoms with E-state index in [1.54, 1.807) is 0 Å². The van der Waals surface area contributed by atoms with Crippen molar-refractivity contribution in [2.75, 3.05) is 0 Å². The number of fused-ring (bicyclic) bond motifs is 1. The molecule has 0 radical (unpaired) electrons. The van der Waals surface area contributed by atoms with Crippen molar-refractivity contribution in [2.45, 2.75) is 52.4 Å². The van der Waals surface area contributed by atoms with E-state index in [1.165, 1.54) is 11.8 Å². The Morgan fingerprint density at radius 3 is 2.15 bits per heavy atom. The van der Waals surface area contributed by atoms with Gasteiger partial charge in [0, 0.05) is 16.5 Å². The van der Waals surface area contributed by atoms with E-state index in [4.69, 9.17) is 4.99 Å². The summed E-state index contributed by atoms with van der Waals surface area (Å²) in [6.45, 7) is 12.5. The minimum Gasteiger partial charge on any atom is -0.507 e. The van der Waals surface area contributed by atoms with Crippen LogP contribution in [0.15, 0.2) is 64.5 Å². The number of carbonyl (C=O) groups excluding carboxylic acids is 1. The van der Waals surface area contributed by atoms with Crippen LogP contribution in [0.4, 0.5) is 5.69 Å². The number of rotatable bonds is 2. The van der Waals surface area contributed by atoms with Gasteiger partial charge < -0.3 is 10.4 Å². The lowest BCUT2D eigenvalue weighted by molar-refractivity contribution is -0.115. The molecule has 4 nitrogen and oxygen atoms in total. The van der Waals surface area contributed by atoms with E-state index in [1.807, 2.05) is 48.5 Å². The van der Waals surface area contributed by atoms with Crippen molar-refractivity contribution < 1.29 is 9.90 Å². The minimum absolute atomic E-state index is 0.165. The van der Waals surface area contributed by atoms with Gasteiger partial charge in [-0.15, -0.1) is 0 Å². The molecule has 0 bridgehead atoms. The fraction of sp³-hybridized carbons (Fsp3) is 0.286. The van der Waals surface area contributed by atoms with Crippen molar-refractivity contribution in [1.29, 1.82) is 0 Å². The standard InChI is InChI=1S/C28H30N2O2S/c1-27(2,3)20-14-17(15-21(24(20)31)28(4,5)6)16-23-25(32)30-26(33-23)29-22-13-9-11-18-10-7-8-12-19(18)22/h7-16,31H,1-6H3,(H,29,30,32)/b23-16-. The molecular weight excluding hydrogens is 428 g/mol. The number of amidine groups is 1. The van der Waals surface area contributed by atoms with E-state index in [2.05, 4.69) is 59.0 Å². The third kappa shape index (κ3) is 4.83. The third-order valence-corrected chi connectivity index (χ3v) is 6.60. The Balaban J connectivity index is 1.73. The van der Waals surface area contributed by atoms with Crippen LogP contribution in [0.3, 0.4) is 0 Å². The van der Waals surface area contributed by atoms with Crippen molar-refractivity contribution in [2.24, 2.45) is 4.99 Å². The van der Waals surface area contributed by atoms with Gasteiger partial charge in [0.25, 0.3) is 5.91 Å². The van der Waals surface area contributed by atoms with E-state index in [-0.39, 0.29) is 16.7 Å². The number of phenolic OH excluding ortho intramolecular Hbond substituents is 1. The predicted molar refractivity (Wildman–Crippen MR) is 140 cm³/mol. The van der Waals surface area contributed by atoms with Crippen LogP contribution in [0.25, 0.3) is 16.8 Å². The molecule has 0 aliphatic carbocycles. The molecular formula is C28H30N2O2S. The second kappa shape index (κ2) is 8.38. The number of aliphatic imine (C=N–C) groups is 1. The molecule has 4 rings (SSSR count). The van der Waals surface area contributed by atoms with Gasteiger partial charge in [-0.1, -0.05) is 77.9 Å². The van der Waals surface area contributed by atoms with E-state index in [9.17, 15) is 9.90 Å². The number of hydrogen-bond donors (Lipinski definition) is 2. The van der Waals surface area contributed by atoms with E-state index >= 15 is 0 Å². The average molecular weight is 459 g/mol. The molecule has 33 heavy (non-hydrogen) atoms. The summed E-state index contributed by atoms with van der Waals surface area (Å²) < 4.78 is 0. The number of carbonyl (C=O) groups is 1. The van der Waals surface area contributed by atoms with E-state index in [0.717, 1.165) is 33.2 Å². The van der Waals surface area contributed by atoms with Gasteiger partial charge in [0.05, 0.1) is 10.6 Å². The Kier molecular flexibility index (Phi) is 5.87. The van der Waals surface area contributed by atoms with Crippen LogP contribution in [0.5, 0.6) is 5.75 Å². The molecule has 1 saturated heterocycles. The number of phenols is 1. The maximum absolute atomic E-state index is 12.7. The highest BCUT2D eigenvalue weighted by molar-refractivity contribution is 8.18. The van der Waals surface area contributed by atoms with E-state index in [0.29, 0.717) is 15.8 Å². The Bertz CT molecular complexity index is 1270. The Labute approximate surface area is 199 Å². The molecule has 3 aromatic carbocycles. The van der Waals surface area contributed by atoms with Gasteiger partial charge in [-0.05, 0) is 57.8 Å². The molecule has 1 heterocycles. The first-order valence-corrected chi connectivity index (χ1v) is 11.9. The molecule has 170 valence electrons. The highest BCUT2D eigenvalue weighted by Crippen LogP contribution is 2.41. The summed E-state index contributed by atoms with van der Waals surface area (Å²) in [5.74, 6) is 0.167. The zero-order chi connectivity index (χ0) is 24.0. The lowest BCUT2D eigenvalue weighted by Gasteiger charge is -2.28. The summed E-state index contributed by atoms with van der Waals surface area (Å²) >= 11 is 1.34. The molecule has 0 atom stereocenters. The summed E-state index contributed by atoms with van der Waals surface area (Å²) in [4.78, 5) is 18.0. The van der Waals surface area contributed by atoms with E-state index < -0.39 is 0 Å². The largest absolute Gasteiger partial charge is 0.507 e. The first-order chi connectivity index (χ1) is 15.4. The number of nitrogens with zero attached hydrogens (tertiary/aromatic N) is 1. The molecule has 3 aromatic rings. The van der Waals surface area contributed by atoms with Crippen molar-refractivity contribution in [3.05, 3.63) is 76.2 Å². The molecule has 0 spiro atoms. The number of thioether (sulfide) groups is 1. The Morgan fingerprint density at radius 1 is 0.909 bits per heavy atom. The fourth-order valence-electron chi connectivity index (χ4n) is 3.93. The lowest BCUT2D eigenvalue weighted by Crippen LogP contribution is -2.19. The van der Waals surface area contributed by atoms with Crippen LogP contribution in [0, 0.1) is 0 Å². The van der Waals surface area contributed by atoms with Crippen LogP contribution in [-0.4, -0.2) is 16.2 Å². The smallest absolute Gasteiger partial charge is 0.264 e. The Morgan fingerprint density at radius 2 is 1.52 bits per heavy atom. The number of hydrogen-bond acceptors (Lipinski definition) is 4. The molecule has 1 amide bonds. The second-order valence-electron chi connectivity index (χ2n) is 10.4. The van der Waals surface area contributed by atoms with Gasteiger partial charge >= 0.3 is 0 Å². The number of amides is 1. The van der Waals surface area contributed by atoms with Crippen LogP contribution in [0.2, 0.25) is 0 Å². The zero-order valence-corrected chi connectivity index (χ0v) is 20.8. The summed E-state index contributed by atoms with van der Waals surface area (Å²) in [6, 6.07) is 18.0. The van der Waals surface area contributed by atoms with Crippen molar-refractivity contribution in [1.82, 2.24) is 5.32 Å². The maximum atomic E-state index is 12.7. The molecule has 5 heteroatoms. The summed E-state index contributed by atoms with van der Waals surface area (Å²) in [5, 5.41) is 16.6. The van der Waals surface area contributed by atoms with Crippen molar-refractivity contribution in [3.8, 4) is 5.75 Å². The first kappa shape index (κ1) is 23.1. The fourth-order valence-corrected chi connectivity index (χ4v) is 4.77. The number of benzene rings is 3. The lowest BCUT2D eigenvalue weighted by atomic mass is 9.78. The second-order valence-corrected chi connectivity index (χ2v) is 11.5. The summed E-state index contributed by atoms with van der Waals surface area (Å²) in [6.07, 6.45) is 1.88. The molecule has 0 saturated carbocycles. The van der Waals surface area contributed by atoms with Crippen molar-refractivity contribution in [3.63, 3.8) is 0 Å². The molecule has 1 fully saturated rings. The van der Waals surface area contributed by atoms with Gasteiger partial charge in [0.2, 0.25) is 0 Å².